The summed E-state index contributed by atoms with van der Waals surface area (Å²) in [4.78, 5) is 5.63. The van der Waals surface area contributed by atoms with Gasteiger partial charge in [0.1, 0.15) is 0 Å². The van der Waals surface area contributed by atoms with Crippen LogP contribution in [0.5, 0.6) is 0 Å². The molecule has 0 aromatic carbocycles. The number of aryl methyl sites for hydroxylation is 2. The largest absolute Gasteiger partial charge is 0.357 e. The third-order valence-electron chi connectivity index (χ3n) is 2.41. The van der Waals surface area contributed by atoms with Gasteiger partial charge in [0.05, 0.1) is 5.01 Å². The first-order valence-corrected chi connectivity index (χ1v) is 6.28. The molecule has 3 nitrogen and oxygen atoms in total. The van der Waals surface area contributed by atoms with Gasteiger partial charge in [-0.1, -0.05) is 0 Å². The number of hydrogen-bond donors (Lipinski definition) is 1. The second-order valence-electron chi connectivity index (χ2n) is 3.98. The van der Waals surface area contributed by atoms with E-state index in [2.05, 4.69) is 40.3 Å². The Hall–Kier alpha value is -1.13. The first-order chi connectivity index (χ1) is 7.74. The highest BCUT2D eigenvalue weighted by Crippen LogP contribution is 2.11. The van der Waals surface area contributed by atoms with E-state index in [1.165, 1.54) is 15.4 Å². The van der Waals surface area contributed by atoms with Crippen LogP contribution >= 0.6 is 11.3 Å². The number of rotatable bonds is 5. The van der Waals surface area contributed by atoms with Crippen LogP contribution in [0.3, 0.4) is 0 Å². The van der Waals surface area contributed by atoms with Crippen molar-refractivity contribution < 1.29 is 0 Å². The summed E-state index contributed by atoms with van der Waals surface area (Å²) in [5.74, 6) is 0. The fourth-order valence-electron chi connectivity index (χ4n) is 1.61. The Kier molecular flexibility index (Phi) is 3.74. The molecule has 0 aliphatic carbocycles. The zero-order valence-electron chi connectivity index (χ0n) is 9.73. The molecule has 1 N–H and O–H groups in total. The molecule has 0 bridgehead atoms. The van der Waals surface area contributed by atoms with Crippen molar-refractivity contribution in [2.45, 2.75) is 19.9 Å². The Morgan fingerprint density at radius 1 is 1.50 bits per heavy atom. The molecule has 2 aromatic heterocycles. The van der Waals surface area contributed by atoms with E-state index in [0.717, 1.165) is 19.5 Å². The molecule has 2 rings (SSSR count). The van der Waals surface area contributed by atoms with Crippen molar-refractivity contribution in [3.05, 3.63) is 40.1 Å². The van der Waals surface area contributed by atoms with Crippen LogP contribution in [-0.4, -0.2) is 16.1 Å². The molecular weight excluding hydrogens is 218 g/mol. The minimum Gasteiger partial charge on any atom is -0.357 e. The van der Waals surface area contributed by atoms with Crippen LogP contribution in [0.2, 0.25) is 0 Å². The van der Waals surface area contributed by atoms with Gasteiger partial charge in [0.15, 0.2) is 0 Å². The summed E-state index contributed by atoms with van der Waals surface area (Å²) in [6.07, 6.45) is 7.17. The van der Waals surface area contributed by atoms with Crippen molar-refractivity contribution in [3.8, 4) is 0 Å². The van der Waals surface area contributed by atoms with Crippen LogP contribution < -0.4 is 5.32 Å². The van der Waals surface area contributed by atoms with Gasteiger partial charge in [0, 0.05) is 50.0 Å². The average Bonchev–Trinajstić information content (AvgIpc) is 2.83. The second-order valence-corrected chi connectivity index (χ2v) is 5.30. The summed E-state index contributed by atoms with van der Waals surface area (Å²) in [7, 11) is 2.04. The van der Waals surface area contributed by atoms with E-state index >= 15 is 0 Å². The van der Waals surface area contributed by atoms with Crippen molar-refractivity contribution in [2.75, 3.05) is 6.54 Å². The van der Waals surface area contributed by atoms with Gasteiger partial charge < -0.3 is 9.88 Å². The lowest BCUT2D eigenvalue weighted by Gasteiger charge is -2.00. The number of aromatic nitrogens is 2. The standard InChI is InChI=1S/C12H17N3S/c1-10-7-14-12(16-10)3-5-13-8-11-4-6-15(2)9-11/h4,6-7,9,13H,3,5,8H2,1-2H3. The highest BCUT2D eigenvalue weighted by atomic mass is 32.1. The van der Waals surface area contributed by atoms with Gasteiger partial charge in [-0.3, -0.25) is 0 Å². The third-order valence-corrected chi connectivity index (χ3v) is 3.38. The van der Waals surface area contributed by atoms with Gasteiger partial charge in [0.2, 0.25) is 0 Å². The first kappa shape index (κ1) is 11.4. The summed E-state index contributed by atoms with van der Waals surface area (Å²) in [5.41, 5.74) is 1.33. The highest BCUT2D eigenvalue weighted by Gasteiger charge is 1.98. The fourth-order valence-corrected chi connectivity index (χ4v) is 2.40. The molecule has 0 aliphatic rings. The molecule has 16 heavy (non-hydrogen) atoms. The molecule has 4 heteroatoms. The summed E-state index contributed by atoms with van der Waals surface area (Å²) >= 11 is 1.78. The Morgan fingerprint density at radius 3 is 3.00 bits per heavy atom. The van der Waals surface area contributed by atoms with Gasteiger partial charge in [-0.2, -0.15) is 0 Å². The number of thiazole rings is 1. The van der Waals surface area contributed by atoms with E-state index < -0.39 is 0 Å². The molecule has 0 saturated heterocycles. The molecule has 0 unspecified atom stereocenters. The molecular formula is C12H17N3S. The lowest BCUT2D eigenvalue weighted by molar-refractivity contribution is 0.684. The summed E-state index contributed by atoms with van der Waals surface area (Å²) in [6.45, 7) is 4.02. The molecule has 0 atom stereocenters. The van der Waals surface area contributed by atoms with E-state index in [4.69, 9.17) is 0 Å². The average molecular weight is 235 g/mol. The summed E-state index contributed by atoms with van der Waals surface area (Å²) in [5, 5.41) is 4.65. The van der Waals surface area contributed by atoms with Gasteiger partial charge in [-0.25, -0.2) is 4.98 Å². The zero-order valence-corrected chi connectivity index (χ0v) is 10.5. The molecule has 86 valence electrons. The highest BCUT2D eigenvalue weighted by molar-refractivity contribution is 7.11. The maximum absolute atomic E-state index is 4.34. The van der Waals surface area contributed by atoms with Crippen molar-refractivity contribution in [3.63, 3.8) is 0 Å². The molecule has 2 heterocycles. The van der Waals surface area contributed by atoms with Crippen LogP contribution in [-0.2, 0) is 20.0 Å². The Labute approximate surface area is 100 Å². The lowest BCUT2D eigenvalue weighted by Crippen LogP contribution is -2.16. The van der Waals surface area contributed by atoms with Crippen LogP contribution in [0.4, 0.5) is 0 Å². The predicted molar refractivity (Wildman–Crippen MR) is 67.7 cm³/mol. The second kappa shape index (κ2) is 5.27. The van der Waals surface area contributed by atoms with Crippen molar-refractivity contribution in [1.29, 1.82) is 0 Å². The maximum atomic E-state index is 4.34. The molecule has 0 aliphatic heterocycles. The van der Waals surface area contributed by atoms with Crippen molar-refractivity contribution in [2.24, 2.45) is 7.05 Å². The Morgan fingerprint density at radius 2 is 2.38 bits per heavy atom. The van der Waals surface area contributed by atoms with Crippen LogP contribution in [0, 0.1) is 6.92 Å². The molecule has 0 spiro atoms. The van der Waals surface area contributed by atoms with Gasteiger partial charge in [0.25, 0.3) is 0 Å². The summed E-state index contributed by atoms with van der Waals surface area (Å²) in [6, 6.07) is 2.14. The smallest absolute Gasteiger partial charge is 0.0940 e. The van der Waals surface area contributed by atoms with Crippen LogP contribution in [0.1, 0.15) is 15.4 Å². The third kappa shape index (κ3) is 3.18. The first-order valence-electron chi connectivity index (χ1n) is 5.47. The number of nitrogens with zero attached hydrogens (tertiary/aromatic N) is 2. The van der Waals surface area contributed by atoms with Crippen LogP contribution in [0.25, 0.3) is 0 Å². The van der Waals surface area contributed by atoms with Gasteiger partial charge in [-0.15, -0.1) is 11.3 Å². The Balaban J connectivity index is 1.69. The molecule has 0 saturated carbocycles. The molecule has 2 aromatic rings. The number of nitrogens with one attached hydrogen (secondary N) is 1. The summed E-state index contributed by atoms with van der Waals surface area (Å²) < 4.78 is 2.07. The maximum Gasteiger partial charge on any atom is 0.0940 e. The topological polar surface area (TPSA) is 29.9 Å². The van der Waals surface area contributed by atoms with Crippen molar-refractivity contribution >= 4 is 11.3 Å². The molecule has 0 amide bonds. The minimum atomic E-state index is 0.936. The van der Waals surface area contributed by atoms with E-state index in [1.54, 1.807) is 11.3 Å². The van der Waals surface area contributed by atoms with Crippen LogP contribution in [0.15, 0.2) is 24.7 Å². The SMILES string of the molecule is Cc1cnc(CCNCc2ccn(C)c2)s1. The van der Waals surface area contributed by atoms with E-state index in [0.29, 0.717) is 0 Å². The normalized spacial score (nSPS) is 10.9. The zero-order chi connectivity index (χ0) is 11.4. The van der Waals surface area contributed by atoms with Crippen molar-refractivity contribution in [1.82, 2.24) is 14.9 Å². The van der Waals surface area contributed by atoms with Gasteiger partial charge >= 0.3 is 0 Å². The number of hydrogen-bond acceptors (Lipinski definition) is 3. The Bertz CT molecular complexity index is 402. The predicted octanol–water partition coefficient (Wildman–Crippen LogP) is 2.12. The van der Waals surface area contributed by atoms with E-state index in [-0.39, 0.29) is 0 Å². The van der Waals surface area contributed by atoms with E-state index in [9.17, 15) is 0 Å². The monoisotopic (exact) mass is 235 g/mol. The fraction of sp³-hybridized carbons (Fsp3) is 0.417. The quantitative estimate of drug-likeness (QED) is 0.805. The molecule has 0 radical (unpaired) electrons. The molecule has 0 fully saturated rings. The van der Waals surface area contributed by atoms with E-state index in [1.807, 2.05) is 13.2 Å². The lowest BCUT2D eigenvalue weighted by atomic mass is 10.3. The minimum absolute atomic E-state index is 0.936. The van der Waals surface area contributed by atoms with Gasteiger partial charge in [-0.05, 0) is 18.6 Å².